The second-order valence-electron chi connectivity index (χ2n) is 8.15. The van der Waals surface area contributed by atoms with Crippen molar-refractivity contribution in [3.05, 3.63) is 107 Å². The quantitative estimate of drug-likeness (QED) is 0.240. The molecule has 1 aliphatic heterocycles. The van der Waals surface area contributed by atoms with Gasteiger partial charge >= 0.3 is 6.18 Å². The van der Waals surface area contributed by atoms with Crippen LogP contribution in [0.1, 0.15) is 28.3 Å². The number of carbonyl (C=O) groups excluding carboxylic acids is 2. The minimum atomic E-state index is -4.55. The fourth-order valence-electron chi connectivity index (χ4n) is 4.39. The minimum Gasteiger partial charge on any atom is -0.507 e. The van der Waals surface area contributed by atoms with E-state index in [0.29, 0.717) is 16.5 Å². The second-order valence-corrected chi connectivity index (χ2v) is 8.15. The Morgan fingerprint density at radius 2 is 1.77 bits per heavy atom. The van der Waals surface area contributed by atoms with Gasteiger partial charge in [-0.1, -0.05) is 30.3 Å². The predicted molar refractivity (Wildman–Crippen MR) is 122 cm³/mol. The molecular formula is C26H18F3N3O3. The van der Waals surface area contributed by atoms with Gasteiger partial charge < -0.3 is 15.0 Å². The lowest BCUT2D eigenvalue weighted by atomic mass is 9.95. The average molecular weight is 477 g/mol. The van der Waals surface area contributed by atoms with Gasteiger partial charge in [0.2, 0.25) is 0 Å². The Balaban J connectivity index is 1.64. The van der Waals surface area contributed by atoms with Crippen LogP contribution in [-0.4, -0.2) is 31.7 Å². The van der Waals surface area contributed by atoms with Crippen LogP contribution in [0, 0.1) is 0 Å². The van der Waals surface area contributed by atoms with Gasteiger partial charge in [-0.05, 0) is 41.5 Å². The Morgan fingerprint density at radius 1 is 1.03 bits per heavy atom. The van der Waals surface area contributed by atoms with Gasteiger partial charge in [-0.2, -0.15) is 13.2 Å². The first-order chi connectivity index (χ1) is 16.8. The number of pyridine rings is 1. The first-order valence-electron chi connectivity index (χ1n) is 10.7. The van der Waals surface area contributed by atoms with Crippen LogP contribution in [0.25, 0.3) is 16.7 Å². The normalized spacial score (nSPS) is 17.9. The molecule has 9 heteroatoms. The molecule has 6 nitrogen and oxygen atoms in total. The molecule has 5 rings (SSSR count). The standard InChI is InChI=1S/C26H18F3N3O3/c27-26(28,29)17-5-3-4-15(12-17)14-32-22(16-8-10-30-11-9-16)21(24(34)25(32)35)23(33)19-13-31-20-7-2-1-6-18(19)20/h1-13,22,31,33H,14H2/b23-21-. The third-order valence-corrected chi connectivity index (χ3v) is 6.01. The number of nitrogens with zero attached hydrogens (tertiary/aromatic N) is 2. The van der Waals surface area contributed by atoms with Gasteiger partial charge in [0, 0.05) is 41.6 Å². The number of nitrogens with one attached hydrogen (secondary N) is 1. The van der Waals surface area contributed by atoms with E-state index in [-0.39, 0.29) is 23.4 Å². The number of halogens is 3. The fourth-order valence-corrected chi connectivity index (χ4v) is 4.39. The number of likely N-dealkylation sites (tertiary alicyclic amines) is 1. The second kappa shape index (κ2) is 8.43. The topological polar surface area (TPSA) is 86.3 Å². The molecule has 176 valence electrons. The Labute approximate surface area is 197 Å². The van der Waals surface area contributed by atoms with Gasteiger partial charge in [-0.3, -0.25) is 14.6 Å². The van der Waals surface area contributed by atoms with Gasteiger partial charge in [0.25, 0.3) is 11.7 Å². The van der Waals surface area contributed by atoms with Gasteiger partial charge in [0.1, 0.15) is 5.76 Å². The van der Waals surface area contributed by atoms with E-state index in [2.05, 4.69) is 9.97 Å². The summed E-state index contributed by atoms with van der Waals surface area (Å²) in [6.45, 7) is -0.258. The van der Waals surface area contributed by atoms with E-state index in [1.807, 2.05) is 6.07 Å². The predicted octanol–water partition coefficient (Wildman–Crippen LogP) is 5.20. The lowest BCUT2D eigenvalue weighted by molar-refractivity contribution is -0.140. The van der Waals surface area contributed by atoms with E-state index in [9.17, 15) is 27.9 Å². The zero-order valence-corrected chi connectivity index (χ0v) is 18.1. The van der Waals surface area contributed by atoms with Crippen LogP contribution in [0.4, 0.5) is 13.2 Å². The summed E-state index contributed by atoms with van der Waals surface area (Å²) in [5.41, 5.74) is 0.772. The number of para-hydroxylation sites is 1. The van der Waals surface area contributed by atoms with E-state index in [1.165, 1.54) is 29.4 Å². The molecule has 1 amide bonds. The third-order valence-electron chi connectivity index (χ3n) is 6.01. The molecule has 4 aromatic rings. The molecule has 1 unspecified atom stereocenters. The molecular weight excluding hydrogens is 459 g/mol. The van der Waals surface area contributed by atoms with Crippen LogP contribution in [0.5, 0.6) is 0 Å². The molecule has 0 saturated carbocycles. The van der Waals surface area contributed by atoms with Crippen molar-refractivity contribution in [3.63, 3.8) is 0 Å². The van der Waals surface area contributed by atoms with Crippen molar-refractivity contribution >= 4 is 28.4 Å². The minimum absolute atomic E-state index is 0.141. The number of aliphatic hydroxyl groups excluding tert-OH is 1. The van der Waals surface area contributed by atoms with E-state index in [4.69, 9.17) is 0 Å². The molecule has 2 aromatic carbocycles. The van der Waals surface area contributed by atoms with Gasteiger partial charge in [-0.15, -0.1) is 0 Å². The maximum atomic E-state index is 13.2. The molecule has 0 radical (unpaired) electrons. The monoisotopic (exact) mass is 477 g/mol. The average Bonchev–Trinajstić information content (AvgIpc) is 3.39. The number of aromatic nitrogens is 2. The highest BCUT2D eigenvalue weighted by Crippen LogP contribution is 2.41. The van der Waals surface area contributed by atoms with Crippen molar-refractivity contribution in [3.8, 4) is 0 Å². The zero-order valence-electron chi connectivity index (χ0n) is 18.1. The Bertz CT molecular complexity index is 1480. The van der Waals surface area contributed by atoms with Crippen molar-refractivity contribution in [2.45, 2.75) is 18.8 Å². The summed E-state index contributed by atoms with van der Waals surface area (Å²) in [6.07, 6.45) is -0.0509. The van der Waals surface area contributed by atoms with Crippen molar-refractivity contribution in [2.24, 2.45) is 0 Å². The van der Waals surface area contributed by atoms with Crippen molar-refractivity contribution < 1.29 is 27.9 Å². The Morgan fingerprint density at radius 3 is 2.51 bits per heavy atom. The molecule has 1 atom stereocenters. The van der Waals surface area contributed by atoms with Crippen molar-refractivity contribution in [1.82, 2.24) is 14.9 Å². The van der Waals surface area contributed by atoms with Crippen LogP contribution in [-0.2, 0) is 22.3 Å². The van der Waals surface area contributed by atoms with Crippen LogP contribution in [0.15, 0.2) is 84.8 Å². The number of ketones is 1. The number of Topliss-reactive ketones (excluding diaryl/α,β-unsaturated/α-hetero) is 1. The number of aliphatic hydroxyl groups is 1. The van der Waals surface area contributed by atoms with Gasteiger partial charge in [-0.25, -0.2) is 0 Å². The highest BCUT2D eigenvalue weighted by atomic mass is 19.4. The maximum Gasteiger partial charge on any atom is 0.416 e. The van der Waals surface area contributed by atoms with Crippen LogP contribution >= 0.6 is 0 Å². The lowest BCUT2D eigenvalue weighted by Gasteiger charge is -2.25. The fraction of sp³-hybridized carbons (Fsp3) is 0.115. The molecule has 1 fully saturated rings. The van der Waals surface area contributed by atoms with E-state index in [1.54, 1.807) is 36.5 Å². The smallest absolute Gasteiger partial charge is 0.416 e. The van der Waals surface area contributed by atoms with Crippen LogP contribution in [0.2, 0.25) is 0 Å². The summed E-state index contributed by atoms with van der Waals surface area (Å²) < 4.78 is 39.7. The number of carbonyl (C=O) groups is 2. The molecule has 0 bridgehead atoms. The number of hydrogen-bond acceptors (Lipinski definition) is 4. The first kappa shape index (κ1) is 22.4. The summed E-state index contributed by atoms with van der Waals surface area (Å²) in [4.78, 5) is 34.4. The number of H-pyrrole nitrogens is 1. The van der Waals surface area contributed by atoms with Crippen LogP contribution in [0.3, 0.4) is 0 Å². The number of aromatic amines is 1. The Kier molecular flexibility index (Phi) is 5.39. The number of amides is 1. The molecule has 0 aliphatic carbocycles. The summed E-state index contributed by atoms with van der Waals surface area (Å²) in [5, 5.41) is 11.9. The van der Waals surface area contributed by atoms with E-state index < -0.39 is 29.5 Å². The summed E-state index contributed by atoms with van der Waals surface area (Å²) in [6, 6.07) is 13.9. The Hall–Kier alpha value is -4.40. The molecule has 2 N–H and O–H groups in total. The summed E-state index contributed by atoms with van der Waals surface area (Å²) in [5.74, 6) is -2.19. The van der Waals surface area contributed by atoms with Gasteiger partial charge in [0.15, 0.2) is 0 Å². The SMILES string of the molecule is O=C1C(=O)N(Cc2cccc(C(F)(F)F)c2)C(c2ccncc2)/C1=C(/O)c1c[nH]c2ccccc12. The van der Waals surface area contributed by atoms with E-state index >= 15 is 0 Å². The number of alkyl halides is 3. The number of benzene rings is 2. The molecule has 2 aromatic heterocycles. The van der Waals surface area contributed by atoms with Crippen molar-refractivity contribution in [1.29, 1.82) is 0 Å². The van der Waals surface area contributed by atoms with Crippen LogP contribution < -0.4 is 0 Å². The third kappa shape index (κ3) is 3.95. The largest absolute Gasteiger partial charge is 0.507 e. The lowest BCUT2D eigenvalue weighted by Crippen LogP contribution is -2.29. The van der Waals surface area contributed by atoms with Crippen molar-refractivity contribution in [2.75, 3.05) is 0 Å². The summed E-state index contributed by atoms with van der Waals surface area (Å²) >= 11 is 0. The van der Waals surface area contributed by atoms with E-state index in [0.717, 1.165) is 17.6 Å². The zero-order chi connectivity index (χ0) is 24.7. The summed E-state index contributed by atoms with van der Waals surface area (Å²) in [7, 11) is 0. The molecule has 35 heavy (non-hydrogen) atoms. The molecule has 1 saturated heterocycles. The molecule has 3 heterocycles. The highest BCUT2D eigenvalue weighted by molar-refractivity contribution is 6.46. The number of rotatable bonds is 4. The molecule has 1 aliphatic rings. The number of fused-ring (bicyclic) bond motifs is 1. The van der Waals surface area contributed by atoms with Gasteiger partial charge in [0.05, 0.1) is 17.2 Å². The maximum absolute atomic E-state index is 13.2. The number of hydrogen-bond donors (Lipinski definition) is 2. The molecule has 0 spiro atoms. The first-order valence-corrected chi connectivity index (χ1v) is 10.7. The highest BCUT2D eigenvalue weighted by Gasteiger charge is 2.46.